The second-order valence-corrected chi connectivity index (χ2v) is 7.87. The molecule has 28 heavy (non-hydrogen) atoms. The van der Waals surface area contributed by atoms with E-state index in [1.54, 1.807) is 6.07 Å². The van der Waals surface area contributed by atoms with Gasteiger partial charge in [-0.25, -0.2) is 0 Å². The van der Waals surface area contributed by atoms with Crippen LogP contribution in [0, 0.1) is 11.8 Å². The van der Waals surface area contributed by atoms with Crippen LogP contribution in [0.15, 0.2) is 12.1 Å². The Balaban J connectivity index is 1.30. The van der Waals surface area contributed by atoms with Crippen LogP contribution in [0.1, 0.15) is 31.2 Å². The van der Waals surface area contributed by atoms with Crippen LogP contribution >= 0.6 is 11.6 Å². The van der Waals surface area contributed by atoms with Crippen LogP contribution < -0.4 is 14.8 Å². The zero-order chi connectivity index (χ0) is 19.7. The number of halogens is 1. The molecular weight excluding hydrogens is 384 g/mol. The number of benzene rings is 1. The van der Waals surface area contributed by atoms with E-state index in [2.05, 4.69) is 5.32 Å². The molecule has 0 aromatic heterocycles. The van der Waals surface area contributed by atoms with E-state index in [0.717, 1.165) is 36.1 Å². The largest absolute Gasteiger partial charge is 0.486 e. The van der Waals surface area contributed by atoms with Crippen molar-refractivity contribution in [3.8, 4) is 11.5 Å². The average molecular weight is 407 g/mol. The summed E-state index contributed by atoms with van der Waals surface area (Å²) in [6.45, 7) is 1.12. The molecule has 1 aliphatic carbocycles. The molecule has 1 saturated carbocycles. The normalized spacial score (nSPS) is 23.5. The van der Waals surface area contributed by atoms with Crippen molar-refractivity contribution >= 4 is 29.3 Å². The number of likely N-dealkylation sites (tertiary alicyclic amines) is 1. The number of carbonyl (C=O) groups is 3. The highest BCUT2D eigenvalue weighted by atomic mass is 35.5. The summed E-state index contributed by atoms with van der Waals surface area (Å²) in [4.78, 5) is 38.3. The second-order valence-electron chi connectivity index (χ2n) is 7.46. The number of ether oxygens (including phenoxy) is 2. The first-order valence-corrected chi connectivity index (χ1v) is 10.1. The highest BCUT2D eigenvalue weighted by Crippen LogP contribution is 2.39. The summed E-state index contributed by atoms with van der Waals surface area (Å²) in [5.41, 5.74) is 0.911. The topological polar surface area (TPSA) is 84.9 Å². The van der Waals surface area contributed by atoms with Gasteiger partial charge in [0.25, 0.3) is 0 Å². The molecule has 2 atom stereocenters. The number of fused-ring (bicyclic) bond motifs is 2. The molecule has 0 bridgehead atoms. The summed E-state index contributed by atoms with van der Waals surface area (Å²) in [6.07, 6.45) is 3.99. The molecule has 7 nitrogen and oxygen atoms in total. The summed E-state index contributed by atoms with van der Waals surface area (Å²) in [6, 6.07) is 3.64. The minimum Gasteiger partial charge on any atom is -0.486 e. The Bertz CT molecular complexity index is 788. The average Bonchev–Trinajstić information content (AvgIpc) is 2.93. The minimum absolute atomic E-state index is 0.191. The Hall–Kier alpha value is -2.28. The standard InChI is InChI=1S/C20H23ClN2O5/c21-15-9-12(10-16-18(15)28-8-7-27-16)5-6-22-17(24)11-23-19(25)13-3-1-2-4-14(13)20(23)26/h9-10,13-14H,1-8,11H2,(H,22,24)/t13-,14-/m1/s1. The molecular formula is C20H23ClN2O5. The van der Waals surface area contributed by atoms with E-state index < -0.39 is 0 Å². The smallest absolute Gasteiger partial charge is 0.240 e. The van der Waals surface area contributed by atoms with Crippen molar-refractivity contribution in [3.63, 3.8) is 0 Å². The van der Waals surface area contributed by atoms with Crippen molar-refractivity contribution in [2.75, 3.05) is 26.3 Å². The van der Waals surface area contributed by atoms with Crippen LogP contribution in [-0.4, -0.2) is 48.9 Å². The fourth-order valence-electron chi connectivity index (χ4n) is 4.24. The molecule has 3 amide bonds. The molecule has 8 heteroatoms. The van der Waals surface area contributed by atoms with Gasteiger partial charge in [0.1, 0.15) is 19.8 Å². The third kappa shape index (κ3) is 3.68. The van der Waals surface area contributed by atoms with Crippen molar-refractivity contribution in [1.29, 1.82) is 0 Å². The van der Waals surface area contributed by atoms with Gasteiger partial charge in [-0.1, -0.05) is 24.4 Å². The lowest BCUT2D eigenvalue weighted by atomic mass is 9.81. The van der Waals surface area contributed by atoms with Gasteiger partial charge in [-0.15, -0.1) is 0 Å². The molecule has 0 unspecified atom stereocenters. The summed E-state index contributed by atoms with van der Waals surface area (Å²) in [7, 11) is 0. The summed E-state index contributed by atoms with van der Waals surface area (Å²) in [5.74, 6) is -0.0112. The van der Waals surface area contributed by atoms with Crippen LogP contribution in [0.3, 0.4) is 0 Å². The molecule has 2 heterocycles. The third-order valence-electron chi connectivity index (χ3n) is 5.63. The minimum atomic E-state index is -0.330. The van der Waals surface area contributed by atoms with Crippen LogP contribution in [0.5, 0.6) is 11.5 Å². The van der Waals surface area contributed by atoms with Gasteiger partial charge in [0.05, 0.1) is 16.9 Å². The molecule has 150 valence electrons. The number of nitrogens with zero attached hydrogens (tertiary/aromatic N) is 1. The lowest BCUT2D eigenvalue weighted by Crippen LogP contribution is -2.41. The van der Waals surface area contributed by atoms with Gasteiger partial charge < -0.3 is 14.8 Å². The van der Waals surface area contributed by atoms with Crippen LogP contribution in [-0.2, 0) is 20.8 Å². The van der Waals surface area contributed by atoms with Crippen molar-refractivity contribution in [1.82, 2.24) is 10.2 Å². The molecule has 1 N–H and O–H groups in total. The van der Waals surface area contributed by atoms with E-state index >= 15 is 0 Å². The van der Waals surface area contributed by atoms with Crippen LogP contribution in [0.25, 0.3) is 0 Å². The highest BCUT2D eigenvalue weighted by molar-refractivity contribution is 6.32. The fourth-order valence-corrected chi connectivity index (χ4v) is 4.53. The van der Waals surface area contributed by atoms with Gasteiger partial charge >= 0.3 is 0 Å². The van der Waals surface area contributed by atoms with Gasteiger partial charge in [0.2, 0.25) is 17.7 Å². The van der Waals surface area contributed by atoms with E-state index in [0.29, 0.717) is 42.7 Å². The second kappa shape index (κ2) is 7.99. The van der Waals surface area contributed by atoms with Crippen LogP contribution in [0.4, 0.5) is 0 Å². The van der Waals surface area contributed by atoms with Gasteiger partial charge in [-0.05, 0) is 37.0 Å². The number of amides is 3. The Morgan fingerprint density at radius 1 is 1.11 bits per heavy atom. The SMILES string of the molecule is O=C(CN1C(=O)[C@@H]2CCCC[C@H]2C1=O)NCCc1cc(Cl)c2c(c1)OCCO2. The zero-order valence-electron chi connectivity index (χ0n) is 15.5. The maximum atomic E-state index is 12.4. The molecule has 0 spiro atoms. The molecule has 1 aromatic carbocycles. The fraction of sp³-hybridized carbons (Fsp3) is 0.550. The number of carbonyl (C=O) groups excluding carboxylic acids is 3. The lowest BCUT2D eigenvalue weighted by Gasteiger charge is -2.20. The van der Waals surface area contributed by atoms with E-state index in [9.17, 15) is 14.4 Å². The van der Waals surface area contributed by atoms with Gasteiger partial charge in [-0.3, -0.25) is 19.3 Å². The number of rotatable bonds is 5. The molecule has 1 aromatic rings. The molecule has 2 aliphatic heterocycles. The summed E-state index contributed by atoms with van der Waals surface area (Å²) < 4.78 is 11.0. The summed E-state index contributed by atoms with van der Waals surface area (Å²) in [5, 5.41) is 3.26. The lowest BCUT2D eigenvalue weighted by molar-refractivity contribution is -0.143. The first-order valence-electron chi connectivity index (χ1n) is 9.74. The summed E-state index contributed by atoms with van der Waals surface area (Å²) >= 11 is 6.22. The van der Waals surface area contributed by atoms with E-state index in [4.69, 9.17) is 21.1 Å². The van der Waals surface area contributed by atoms with Crippen molar-refractivity contribution in [3.05, 3.63) is 22.7 Å². The number of nitrogens with one attached hydrogen (secondary N) is 1. The van der Waals surface area contributed by atoms with Gasteiger partial charge in [0, 0.05) is 6.54 Å². The van der Waals surface area contributed by atoms with Crippen molar-refractivity contribution in [2.24, 2.45) is 11.8 Å². The molecule has 1 saturated heterocycles. The van der Waals surface area contributed by atoms with Crippen LogP contribution in [0.2, 0.25) is 5.02 Å². The van der Waals surface area contributed by atoms with Gasteiger partial charge in [-0.2, -0.15) is 0 Å². The molecule has 3 aliphatic rings. The number of hydrogen-bond acceptors (Lipinski definition) is 5. The predicted molar refractivity (Wildman–Crippen MR) is 101 cm³/mol. The molecule has 4 rings (SSSR count). The Morgan fingerprint density at radius 3 is 2.50 bits per heavy atom. The Labute approximate surface area is 168 Å². The quantitative estimate of drug-likeness (QED) is 0.755. The zero-order valence-corrected chi connectivity index (χ0v) is 16.3. The maximum Gasteiger partial charge on any atom is 0.240 e. The van der Waals surface area contributed by atoms with E-state index in [-0.39, 0.29) is 36.1 Å². The Morgan fingerprint density at radius 2 is 1.79 bits per heavy atom. The van der Waals surface area contributed by atoms with Crippen molar-refractivity contribution in [2.45, 2.75) is 32.1 Å². The Kier molecular flexibility index (Phi) is 5.44. The molecule has 2 fully saturated rings. The number of imide groups is 1. The first kappa shape index (κ1) is 19.1. The predicted octanol–water partition coefficient (Wildman–Crippen LogP) is 1.95. The third-order valence-corrected chi connectivity index (χ3v) is 5.91. The number of hydrogen-bond donors (Lipinski definition) is 1. The van der Waals surface area contributed by atoms with E-state index in [1.165, 1.54) is 0 Å². The first-order chi connectivity index (χ1) is 13.5. The molecule has 0 radical (unpaired) electrons. The van der Waals surface area contributed by atoms with E-state index in [1.807, 2.05) is 6.07 Å². The highest BCUT2D eigenvalue weighted by Gasteiger charge is 2.48. The monoisotopic (exact) mass is 406 g/mol. The van der Waals surface area contributed by atoms with Gasteiger partial charge in [0.15, 0.2) is 11.5 Å². The maximum absolute atomic E-state index is 12.4. The van der Waals surface area contributed by atoms with Crippen molar-refractivity contribution < 1.29 is 23.9 Å².